The zero-order valence-electron chi connectivity index (χ0n) is 15.0. The van der Waals surface area contributed by atoms with Gasteiger partial charge >= 0.3 is 5.97 Å². The summed E-state index contributed by atoms with van der Waals surface area (Å²) in [7, 11) is 1.51. The van der Waals surface area contributed by atoms with E-state index in [1.165, 1.54) is 37.7 Å². The molecule has 4 heteroatoms. The summed E-state index contributed by atoms with van der Waals surface area (Å²) in [5.74, 6) is 1.15. The molecule has 5 rings (SSSR count). The molecule has 0 bridgehead atoms. The lowest BCUT2D eigenvalue weighted by Gasteiger charge is -2.50. The molecule has 3 aliphatic heterocycles. The third-order valence-electron chi connectivity index (χ3n) is 7.16. The molecule has 1 N–H and O–H groups in total. The van der Waals surface area contributed by atoms with E-state index >= 15 is 0 Å². The summed E-state index contributed by atoms with van der Waals surface area (Å²) in [6.07, 6.45) is 4.41. The van der Waals surface area contributed by atoms with Gasteiger partial charge in [0.2, 0.25) is 0 Å². The fraction of sp³-hybridized carbons (Fsp3) is 0.571. The Bertz CT molecular complexity index is 771. The van der Waals surface area contributed by atoms with E-state index < -0.39 is 0 Å². The standard InChI is InChI=1S/C21H26N2O2/c1-3-13-10-14-11-15(20(24)25-2)18-21(8-9-23(12-13)19(14)21)16-6-4-5-7-17(16)22-18/h4-7,13-14,19,22H,3,8-12H2,1-2H3/t13-,14+,19+,21+/m1/s1. The van der Waals surface area contributed by atoms with Crippen LogP contribution in [0.1, 0.15) is 38.2 Å². The third-order valence-corrected chi connectivity index (χ3v) is 7.16. The Morgan fingerprint density at radius 3 is 3.04 bits per heavy atom. The van der Waals surface area contributed by atoms with Crippen molar-refractivity contribution in [2.75, 3.05) is 25.5 Å². The Morgan fingerprint density at radius 1 is 1.40 bits per heavy atom. The molecule has 4 aliphatic rings. The molecule has 1 spiro atoms. The first-order valence-corrected chi connectivity index (χ1v) is 9.61. The number of piperidine rings is 1. The monoisotopic (exact) mass is 338 g/mol. The van der Waals surface area contributed by atoms with Gasteiger partial charge in [-0.15, -0.1) is 0 Å². The van der Waals surface area contributed by atoms with Gasteiger partial charge in [-0.2, -0.15) is 0 Å². The number of esters is 1. The molecule has 4 atom stereocenters. The third kappa shape index (κ3) is 1.89. The van der Waals surface area contributed by atoms with E-state index in [1.54, 1.807) is 0 Å². The van der Waals surface area contributed by atoms with Crippen molar-refractivity contribution in [3.63, 3.8) is 0 Å². The van der Waals surface area contributed by atoms with E-state index in [1.807, 2.05) is 0 Å². The number of benzene rings is 1. The minimum absolute atomic E-state index is 0.0399. The average Bonchev–Trinajstić information content (AvgIpc) is 3.20. The molecule has 2 fully saturated rings. The lowest BCUT2D eigenvalue weighted by atomic mass is 9.60. The van der Waals surface area contributed by atoms with Crippen LogP contribution in [-0.2, 0) is 14.9 Å². The summed E-state index contributed by atoms with van der Waals surface area (Å²) in [6, 6.07) is 9.16. The van der Waals surface area contributed by atoms with Crippen LogP contribution >= 0.6 is 0 Å². The Morgan fingerprint density at radius 2 is 2.24 bits per heavy atom. The maximum absolute atomic E-state index is 12.6. The fourth-order valence-corrected chi connectivity index (χ4v) is 6.22. The molecule has 3 heterocycles. The van der Waals surface area contributed by atoms with E-state index in [4.69, 9.17) is 4.74 Å². The van der Waals surface area contributed by atoms with Crippen molar-refractivity contribution in [2.45, 2.75) is 44.1 Å². The second-order valence-electron chi connectivity index (χ2n) is 8.15. The molecule has 0 unspecified atom stereocenters. The number of methoxy groups -OCH3 is 1. The van der Waals surface area contributed by atoms with Gasteiger partial charge in [-0.1, -0.05) is 31.5 Å². The van der Waals surface area contributed by atoms with Crippen LogP contribution < -0.4 is 5.32 Å². The number of hydrogen-bond acceptors (Lipinski definition) is 4. The van der Waals surface area contributed by atoms with Crippen LogP contribution in [0, 0.1) is 11.8 Å². The molecule has 1 aliphatic carbocycles. The first-order chi connectivity index (χ1) is 12.2. The molecule has 2 saturated heterocycles. The van der Waals surface area contributed by atoms with Crippen molar-refractivity contribution in [1.82, 2.24) is 4.90 Å². The number of hydrogen-bond donors (Lipinski definition) is 1. The molecule has 25 heavy (non-hydrogen) atoms. The Balaban J connectivity index is 1.72. The van der Waals surface area contributed by atoms with Crippen LogP contribution in [0.3, 0.4) is 0 Å². The van der Waals surface area contributed by atoms with Gasteiger partial charge in [0.25, 0.3) is 0 Å². The zero-order valence-corrected chi connectivity index (χ0v) is 15.0. The summed E-state index contributed by atoms with van der Waals surface area (Å²) in [5.41, 5.74) is 4.55. The number of carbonyl (C=O) groups is 1. The van der Waals surface area contributed by atoms with Crippen molar-refractivity contribution in [1.29, 1.82) is 0 Å². The second kappa shape index (κ2) is 5.34. The van der Waals surface area contributed by atoms with Crippen molar-refractivity contribution < 1.29 is 9.53 Å². The number of carbonyl (C=O) groups excluding carboxylic acids is 1. The normalized spacial score (nSPS) is 35.7. The maximum Gasteiger partial charge on any atom is 0.335 e. The van der Waals surface area contributed by atoms with E-state index in [0.717, 1.165) is 36.6 Å². The van der Waals surface area contributed by atoms with Gasteiger partial charge in [0.05, 0.1) is 18.1 Å². The summed E-state index contributed by atoms with van der Waals surface area (Å²) >= 11 is 0. The second-order valence-corrected chi connectivity index (χ2v) is 8.15. The first kappa shape index (κ1) is 15.4. The number of nitrogens with one attached hydrogen (secondary N) is 1. The maximum atomic E-state index is 12.6. The Kier molecular flexibility index (Phi) is 3.30. The predicted octanol–water partition coefficient (Wildman–Crippen LogP) is 3.30. The van der Waals surface area contributed by atoms with Crippen LogP contribution in [0.15, 0.2) is 35.5 Å². The largest absolute Gasteiger partial charge is 0.466 e. The van der Waals surface area contributed by atoms with Gasteiger partial charge in [0.1, 0.15) is 0 Å². The summed E-state index contributed by atoms with van der Waals surface area (Å²) in [6.45, 7) is 4.64. The Labute approximate surface area is 149 Å². The van der Waals surface area contributed by atoms with Gasteiger partial charge in [-0.05, 0) is 49.3 Å². The van der Waals surface area contributed by atoms with E-state index in [-0.39, 0.29) is 11.4 Å². The van der Waals surface area contributed by atoms with Crippen molar-refractivity contribution in [3.8, 4) is 0 Å². The van der Waals surface area contributed by atoms with E-state index in [9.17, 15) is 4.79 Å². The first-order valence-electron chi connectivity index (χ1n) is 9.61. The molecule has 132 valence electrons. The highest BCUT2D eigenvalue weighted by molar-refractivity contribution is 5.93. The minimum Gasteiger partial charge on any atom is -0.466 e. The number of para-hydroxylation sites is 1. The molecule has 0 amide bonds. The highest BCUT2D eigenvalue weighted by atomic mass is 16.5. The summed E-state index contributed by atoms with van der Waals surface area (Å²) < 4.78 is 5.18. The highest BCUT2D eigenvalue weighted by Gasteiger charge is 2.62. The van der Waals surface area contributed by atoms with Crippen LogP contribution in [0.2, 0.25) is 0 Å². The SMILES string of the molecule is CC[C@@H]1C[C@H]2CC(C(=O)OC)=C3Nc4ccccc4[C@@]34CCN(C1)[C@@H]24. The number of anilines is 1. The summed E-state index contributed by atoms with van der Waals surface area (Å²) in [4.78, 5) is 15.3. The van der Waals surface area contributed by atoms with Crippen LogP contribution in [0.25, 0.3) is 0 Å². The lowest BCUT2D eigenvalue weighted by molar-refractivity contribution is -0.136. The smallest absolute Gasteiger partial charge is 0.335 e. The molecule has 0 aromatic heterocycles. The predicted molar refractivity (Wildman–Crippen MR) is 97.3 cm³/mol. The molecule has 0 radical (unpaired) electrons. The van der Waals surface area contributed by atoms with Gasteiger partial charge in [0, 0.05) is 24.0 Å². The molecule has 0 saturated carbocycles. The molecule has 1 aromatic rings. The van der Waals surface area contributed by atoms with Gasteiger partial charge in [-0.25, -0.2) is 4.79 Å². The molecule has 4 nitrogen and oxygen atoms in total. The molecular formula is C21H26N2O2. The van der Waals surface area contributed by atoms with Crippen LogP contribution in [0.4, 0.5) is 5.69 Å². The summed E-state index contributed by atoms with van der Waals surface area (Å²) in [5, 5.41) is 3.63. The van der Waals surface area contributed by atoms with Crippen molar-refractivity contribution in [2.24, 2.45) is 11.8 Å². The minimum atomic E-state index is -0.148. The fourth-order valence-electron chi connectivity index (χ4n) is 6.22. The topological polar surface area (TPSA) is 41.6 Å². The highest BCUT2D eigenvalue weighted by Crippen LogP contribution is 2.61. The van der Waals surface area contributed by atoms with Crippen molar-refractivity contribution in [3.05, 3.63) is 41.1 Å². The number of fused-ring (bicyclic) bond motifs is 1. The zero-order chi connectivity index (χ0) is 17.2. The van der Waals surface area contributed by atoms with Crippen molar-refractivity contribution >= 4 is 11.7 Å². The average molecular weight is 338 g/mol. The molecule has 1 aromatic carbocycles. The number of ether oxygens (including phenoxy) is 1. The Hall–Kier alpha value is -1.81. The lowest BCUT2D eigenvalue weighted by Crippen LogP contribution is -2.55. The van der Waals surface area contributed by atoms with E-state index in [0.29, 0.717) is 12.0 Å². The quantitative estimate of drug-likeness (QED) is 0.840. The van der Waals surface area contributed by atoms with Gasteiger partial charge in [-0.3, -0.25) is 4.90 Å². The molecular weight excluding hydrogens is 312 g/mol. The number of nitrogens with zero attached hydrogens (tertiary/aromatic N) is 1. The van der Waals surface area contributed by atoms with Gasteiger partial charge in [0.15, 0.2) is 0 Å². The van der Waals surface area contributed by atoms with E-state index in [2.05, 4.69) is 41.4 Å². The van der Waals surface area contributed by atoms with Crippen LogP contribution in [-0.4, -0.2) is 37.1 Å². The van der Waals surface area contributed by atoms with Crippen LogP contribution in [0.5, 0.6) is 0 Å². The number of rotatable bonds is 2. The van der Waals surface area contributed by atoms with Gasteiger partial charge < -0.3 is 10.1 Å².